The van der Waals surface area contributed by atoms with Crippen LogP contribution in [0.25, 0.3) is 10.9 Å². The smallest absolute Gasteiger partial charge is 0.222 e. The van der Waals surface area contributed by atoms with Crippen molar-refractivity contribution < 1.29 is 9.84 Å². The van der Waals surface area contributed by atoms with Gasteiger partial charge in [0.2, 0.25) is 5.88 Å². The molecule has 1 aromatic heterocycles. The Morgan fingerprint density at radius 2 is 1.79 bits per heavy atom. The van der Waals surface area contributed by atoms with E-state index in [0.29, 0.717) is 38.3 Å². The van der Waals surface area contributed by atoms with Gasteiger partial charge in [-0.3, -0.25) is 0 Å². The minimum absolute atomic E-state index is 0.0444. The molecular formula is C16H11Cl3N2O3. The summed E-state index contributed by atoms with van der Waals surface area (Å²) in [5, 5.41) is 15.0. The van der Waals surface area contributed by atoms with Gasteiger partial charge in [0.05, 0.1) is 17.1 Å². The molecule has 1 heterocycles. The van der Waals surface area contributed by atoms with Crippen molar-refractivity contribution >= 4 is 51.4 Å². The number of nitrogens with zero attached hydrogens (tertiary/aromatic N) is 2. The normalized spacial score (nSPS) is 11.0. The van der Waals surface area contributed by atoms with Gasteiger partial charge in [-0.1, -0.05) is 34.8 Å². The maximum atomic E-state index is 11.0. The highest BCUT2D eigenvalue weighted by atomic mass is 35.5. The van der Waals surface area contributed by atoms with Gasteiger partial charge in [0.25, 0.3) is 0 Å². The molecule has 0 saturated heterocycles. The first kappa shape index (κ1) is 16.9. The summed E-state index contributed by atoms with van der Waals surface area (Å²) in [7, 11) is 0. The Labute approximate surface area is 152 Å². The SMILES string of the molecule is O=Nc1c(O)n(CCOc2ccc(Cl)cc2Cl)c2ccc(Cl)cc12. The maximum absolute atomic E-state index is 11.0. The lowest BCUT2D eigenvalue weighted by atomic mass is 10.2. The summed E-state index contributed by atoms with van der Waals surface area (Å²) in [6.45, 7) is 0.512. The fraction of sp³-hybridized carbons (Fsp3) is 0.125. The van der Waals surface area contributed by atoms with Crippen molar-refractivity contribution in [2.75, 3.05) is 6.61 Å². The Bertz CT molecular complexity index is 925. The number of aromatic nitrogens is 1. The molecule has 0 aliphatic rings. The number of hydrogen-bond donors (Lipinski definition) is 1. The van der Waals surface area contributed by atoms with Crippen LogP contribution < -0.4 is 4.74 Å². The number of benzene rings is 2. The Balaban J connectivity index is 1.85. The van der Waals surface area contributed by atoms with E-state index in [9.17, 15) is 10.0 Å². The third-order valence-electron chi connectivity index (χ3n) is 3.53. The van der Waals surface area contributed by atoms with Gasteiger partial charge in [-0.25, -0.2) is 0 Å². The second-order valence-electron chi connectivity index (χ2n) is 5.00. The number of fused-ring (bicyclic) bond motifs is 1. The lowest BCUT2D eigenvalue weighted by molar-refractivity contribution is 0.291. The third kappa shape index (κ3) is 3.15. The molecule has 124 valence electrons. The van der Waals surface area contributed by atoms with Crippen LogP contribution in [0.15, 0.2) is 41.6 Å². The molecule has 0 bridgehead atoms. The van der Waals surface area contributed by atoms with E-state index in [4.69, 9.17) is 39.5 Å². The van der Waals surface area contributed by atoms with Crippen LogP contribution in [0, 0.1) is 4.91 Å². The van der Waals surface area contributed by atoms with Crippen LogP contribution in [0.5, 0.6) is 11.6 Å². The zero-order valence-corrected chi connectivity index (χ0v) is 14.4. The van der Waals surface area contributed by atoms with Crippen molar-refractivity contribution in [2.45, 2.75) is 6.54 Å². The Morgan fingerprint density at radius 3 is 2.50 bits per heavy atom. The van der Waals surface area contributed by atoms with E-state index in [1.165, 1.54) is 4.57 Å². The van der Waals surface area contributed by atoms with E-state index in [1.807, 2.05) is 0 Å². The number of nitroso groups, excluding NO2 is 1. The molecule has 0 atom stereocenters. The van der Waals surface area contributed by atoms with Crippen LogP contribution in [0.1, 0.15) is 0 Å². The predicted octanol–water partition coefficient (Wildman–Crippen LogP) is 5.78. The molecule has 0 aliphatic carbocycles. The van der Waals surface area contributed by atoms with Gasteiger partial charge in [-0.05, 0) is 41.6 Å². The van der Waals surface area contributed by atoms with E-state index < -0.39 is 0 Å². The zero-order chi connectivity index (χ0) is 17.3. The molecule has 0 fully saturated rings. The van der Waals surface area contributed by atoms with Gasteiger partial charge in [-0.15, -0.1) is 4.91 Å². The molecule has 0 spiro atoms. The standard InChI is InChI=1S/C16H11Cl3N2O3/c17-9-1-3-13-11(7-9)15(20-23)16(22)21(13)5-6-24-14-4-2-10(18)8-12(14)19/h1-4,7-8,22H,5-6H2. The molecule has 0 radical (unpaired) electrons. The topological polar surface area (TPSA) is 63.8 Å². The molecule has 0 saturated carbocycles. The predicted molar refractivity (Wildman–Crippen MR) is 96.0 cm³/mol. The van der Waals surface area contributed by atoms with Gasteiger partial charge in [0, 0.05) is 15.4 Å². The van der Waals surface area contributed by atoms with E-state index in [-0.39, 0.29) is 18.2 Å². The van der Waals surface area contributed by atoms with Crippen LogP contribution in [-0.2, 0) is 6.54 Å². The highest BCUT2D eigenvalue weighted by Gasteiger charge is 2.17. The van der Waals surface area contributed by atoms with Crippen LogP contribution >= 0.6 is 34.8 Å². The van der Waals surface area contributed by atoms with Crippen LogP contribution in [-0.4, -0.2) is 16.3 Å². The summed E-state index contributed by atoms with van der Waals surface area (Å²) in [6.07, 6.45) is 0. The maximum Gasteiger partial charge on any atom is 0.222 e. The monoisotopic (exact) mass is 384 g/mol. The molecule has 8 heteroatoms. The fourth-order valence-electron chi connectivity index (χ4n) is 2.45. The molecule has 24 heavy (non-hydrogen) atoms. The summed E-state index contributed by atoms with van der Waals surface area (Å²) in [5.74, 6) is 0.252. The summed E-state index contributed by atoms with van der Waals surface area (Å²) < 4.78 is 7.14. The van der Waals surface area contributed by atoms with Gasteiger partial charge < -0.3 is 14.4 Å². The van der Waals surface area contributed by atoms with Gasteiger partial charge in [0.15, 0.2) is 5.69 Å². The second kappa shape index (κ2) is 6.89. The zero-order valence-electron chi connectivity index (χ0n) is 12.2. The van der Waals surface area contributed by atoms with Crippen LogP contribution in [0.3, 0.4) is 0 Å². The van der Waals surface area contributed by atoms with Gasteiger partial charge in [0.1, 0.15) is 12.4 Å². The molecule has 0 amide bonds. The molecule has 1 N–H and O–H groups in total. The molecule has 3 rings (SSSR count). The summed E-state index contributed by atoms with van der Waals surface area (Å²) in [5.41, 5.74) is 0.592. The summed E-state index contributed by atoms with van der Waals surface area (Å²) >= 11 is 17.8. The Hall–Kier alpha value is -1.95. The Morgan fingerprint density at radius 1 is 1.08 bits per heavy atom. The molecule has 0 aliphatic heterocycles. The second-order valence-corrected chi connectivity index (χ2v) is 6.28. The van der Waals surface area contributed by atoms with Gasteiger partial charge in [-0.2, -0.15) is 0 Å². The first-order valence-electron chi connectivity index (χ1n) is 6.93. The quantitative estimate of drug-likeness (QED) is 0.566. The number of halogens is 3. The lowest BCUT2D eigenvalue weighted by Gasteiger charge is -2.10. The molecule has 2 aromatic carbocycles. The number of rotatable bonds is 5. The minimum atomic E-state index is -0.229. The highest BCUT2D eigenvalue weighted by molar-refractivity contribution is 6.35. The van der Waals surface area contributed by atoms with Crippen LogP contribution in [0.2, 0.25) is 15.1 Å². The van der Waals surface area contributed by atoms with Crippen molar-refractivity contribution in [3.63, 3.8) is 0 Å². The van der Waals surface area contributed by atoms with Crippen molar-refractivity contribution in [1.82, 2.24) is 4.57 Å². The van der Waals surface area contributed by atoms with E-state index in [2.05, 4.69) is 5.18 Å². The number of ether oxygens (including phenoxy) is 1. The minimum Gasteiger partial charge on any atom is -0.493 e. The molecule has 0 unspecified atom stereocenters. The van der Waals surface area contributed by atoms with E-state index >= 15 is 0 Å². The Kier molecular flexibility index (Phi) is 4.85. The van der Waals surface area contributed by atoms with Crippen LogP contribution in [0.4, 0.5) is 5.69 Å². The third-order valence-corrected chi connectivity index (χ3v) is 4.30. The molecule has 3 aromatic rings. The average Bonchev–Trinajstić information content (AvgIpc) is 2.80. The largest absolute Gasteiger partial charge is 0.493 e. The first-order chi connectivity index (χ1) is 11.5. The van der Waals surface area contributed by atoms with Gasteiger partial charge >= 0.3 is 0 Å². The lowest BCUT2D eigenvalue weighted by Crippen LogP contribution is -2.07. The van der Waals surface area contributed by atoms with E-state index in [1.54, 1.807) is 36.4 Å². The fourth-order valence-corrected chi connectivity index (χ4v) is 3.09. The number of hydrogen-bond acceptors (Lipinski definition) is 4. The first-order valence-corrected chi connectivity index (χ1v) is 8.06. The summed E-state index contributed by atoms with van der Waals surface area (Å²) in [4.78, 5) is 11.0. The molecule has 5 nitrogen and oxygen atoms in total. The van der Waals surface area contributed by atoms with Crippen molar-refractivity contribution in [2.24, 2.45) is 5.18 Å². The molecular weight excluding hydrogens is 375 g/mol. The highest BCUT2D eigenvalue weighted by Crippen LogP contribution is 2.39. The van der Waals surface area contributed by atoms with E-state index in [0.717, 1.165) is 0 Å². The number of aromatic hydroxyl groups is 1. The van der Waals surface area contributed by atoms with Crippen molar-refractivity contribution in [3.05, 3.63) is 56.4 Å². The van der Waals surface area contributed by atoms with Crippen molar-refractivity contribution in [1.29, 1.82) is 0 Å². The van der Waals surface area contributed by atoms with Crippen molar-refractivity contribution in [3.8, 4) is 11.6 Å². The summed E-state index contributed by atoms with van der Waals surface area (Å²) in [6, 6.07) is 9.88. The average molecular weight is 386 g/mol.